The van der Waals surface area contributed by atoms with Crippen LogP contribution in [0.2, 0.25) is 0 Å². The van der Waals surface area contributed by atoms with E-state index in [1.807, 2.05) is 0 Å². The van der Waals surface area contributed by atoms with Crippen LogP contribution < -0.4 is 10.1 Å². The van der Waals surface area contributed by atoms with E-state index in [0.717, 1.165) is 11.3 Å². The van der Waals surface area contributed by atoms with Crippen LogP contribution in [0, 0.1) is 0 Å². The molecule has 0 saturated carbocycles. The van der Waals surface area contributed by atoms with Crippen LogP contribution in [0.15, 0.2) is 28.9 Å². The summed E-state index contributed by atoms with van der Waals surface area (Å²) in [5.41, 5.74) is 1.53. The maximum absolute atomic E-state index is 12.1. The maximum Gasteiger partial charge on any atom is 0.573 e. The van der Waals surface area contributed by atoms with Crippen molar-refractivity contribution >= 4 is 15.9 Å². The molecule has 0 radical (unpaired) electrons. The first-order valence-electron chi connectivity index (χ1n) is 5.90. The summed E-state index contributed by atoms with van der Waals surface area (Å²) in [6.07, 6.45) is -4.70. The number of nitrogens with zero attached hydrogens (tertiary/aromatic N) is 3. The number of halogens is 4. The van der Waals surface area contributed by atoms with Gasteiger partial charge in [0.15, 0.2) is 4.60 Å². The third kappa shape index (κ3) is 3.73. The molecule has 114 valence electrons. The first-order valence-corrected chi connectivity index (χ1v) is 6.69. The Bertz CT molecular complexity index is 592. The molecule has 0 aliphatic carbocycles. The van der Waals surface area contributed by atoms with Gasteiger partial charge >= 0.3 is 6.36 Å². The minimum absolute atomic E-state index is 0.261. The van der Waals surface area contributed by atoms with Crippen LogP contribution in [0.3, 0.4) is 0 Å². The number of benzene rings is 1. The standard InChI is InChI=1S/C12H12BrF3N4O/c1-17-9(10-11(13)18-19-20(10)2)7-3-5-8(6-4-7)21-12(14,15)16/h3-6,9,17H,1-2H3. The van der Waals surface area contributed by atoms with Gasteiger partial charge in [0.2, 0.25) is 0 Å². The number of aryl methyl sites for hydroxylation is 1. The summed E-state index contributed by atoms with van der Waals surface area (Å²) in [6, 6.07) is 5.39. The van der Waals surface area contributed by atoms with Crippen LogP contribution in [0.25, 0.3) is 0 Å². The lowest BCUT2D eigenvalue weighted by Gasteiger charge is -2.17. The van der Waals surface area contributed by atoms with Gasteiger partial charge in [0.25, 0.3) is 0 Å². The van der Waals surface area contributed by atoms with Gasteiger partial charge in [0, 0.05) is 7.05 Å². The van der Waals surface area contributed by atoms with Crippen molar-refractivity contribution < 1.29 is 17.9 Å². The van der Waals surface area contributed by atoms with Gasteiger partial charge in [-0.3, -0.25) is 0 Å². The summed E-state index contributed by atoms with van der Waals surface area (Å²) in [5.74, 6) is -0.261. The molecule has 1 atom stereocenters. The van der Waals surface area contributed by atoms with Crippen LogP contribution in [-0.2, 0) is 7.05 Å². The second-order valence-electron chi connectivity index (χ2n) is 4.23. The maximum atomic E-state index is 12.1. The average molecular weight is 365 g/mol. The van der Waals surface area contributed by atoms with E-state index in [1.54, 1.807) is 30.9 Å². The Morgan fingerprint density at radius 2 is 1.90 bits per heavy atom. The van der Waals surface area contributed by atoms with Gasteiger partial charge < -0.3 is 10.1 Å². The van der Waals surface area contributed by atoms with Crippen LogP contribution >= 0.6 is 15.9 Å². The van der Waals surface area contributed by atoms with Crippen molar-refractivity contribution in [2.24, 2.45) is 7.05 Å². The number of ether oxygens (including phenoxy) is 1. The summed E-state index contributed by atoms with van der Waals surface area (Å²) in [6.45, 7) is 0. The Morgan fingerprint density at radius 3 is 2.33 bits per heavy atom. The van der Waals surface area contributed by atoms with Gasteiger partial charge in [-0.05, 0) is 40.7 Å². The van der Waals surface area contributed by atoms with Gasteiger partial charge in [-0.25, -0.2) is 4.68 Å². The van der Waals surface area contributed by atoms with Crippen molar-refractivity contribution in [2.45, 2.75) is 12.4 Å². The molecule has 0 bridgehead atoms. The molecule has 9 heteroatoms. The van der Waals surface area contributed by atoms with Crippen LogP contribution in [0.4, 0.5) is 13.2 Å². The zero-order valence-electron chi connectivity index (χ0n) is 11.1. The summed E-state index contributed by atoms with van der Waals surface area (Å²) >= 11 is 3.30. The van der Waals surface area contributed by atoms with Crippen molar-refractivity contribution in [3.05, 3.63) is 40.1 Å². The summed E-state index contributed by atoms with van der Waals surface area (Å²) in [5, 5.41) is 10.9. The van der Waals surface area contributed by atoms with Crippen molar-refractivity contribution in [1.82, 2.24) is 20.3 Å². The zero-order chi connectivity index (χ0) is 15.6. The monoisotopic (exact) mass is 364 g/mol. The predicted octanol–water partition coefficient (Wildman–Crippen LogP) is 2.79. The Labute approximate surface area is 127 Å². The molecule has 2 aromatic rings. The highest BCUT2D eigenvalue weighted by Gasteiger charge is 2.31. The first kappa shape index (κ1) is 15.8. The van der Waals surface area contributed by atoms with E-state index in [4.69, 9.17) is 0 Å². The lowest BCUT2D eigenvalue weighted by atomic mass is 10.0. The van der Waals surface area contributed by atoms with E-state index in [1.165, 1.54) is 12.1 Å². The molecule has 0 amide bonds. The first-order chi connectivity index (χ1) is 9.81. The van der Waals surface area contributed by atoms with E-state index in [9.17, 15) is 13.2 Å². The summed E-state index contributed by atoms with van der Waals surface area (Å²) < 4.78 is 42.4. The topological polar surface area (TPSA) is 52.0 Å². The smallest absolute Gasteiger partial charge is 0.406 e. The van der Waals surface area contributed by atoms with Gasteiger partial charge in [-0.15, -0.1) is 18.3 Å². The molecule has 1 unspecified atom stereocenters. The average Bonchev–Trinajstić information content (AvgIpc) is 2.72. The quantitative estimate of drug-likeness (QED) is 0.906. The Balaban J connectivity index is 2.28. The molecular formula is C12H12BrF3N4O. The minimum atomic E-state index is -4.70. The Kier molecular flexibility index (Phi) is 4.52. The van der Waals surface area contributed by atoms with Crippen molar-refractivity contribution in [3.8, 4) is 5.75 Å². The molecule has 0 aliphatic heterocycles. The molecule has 1 aromatic heterocycles. The zero-order valence-corrected chi connectivity index (χ0v) is 12.7. The lowest BCUT2D eigenvalue weighted by Crippen LogP contribution is -2.21. The SMILES string of the molecule is CNC(c1ccc(OC(F)(F)F)cc1)c1c(Br)nnn1C. The van der Waals surface area contributed by atoms with Crippen molar-refractivity contribution in [1.29, 1.82) is 0 Å². The molecule has 5 nitrogen and oxygen atoms in total. The van der Waals surface area contributed by atoms with Crippen molar-refractivity contribution in [2.75, 3.05) is 7.05 Å². The highest BCUT2D eigenvalue weighted by atomic mass is 79.9. The number of hydrogen-bond acceptors (Lipinski definition) is 4. The van der Waals surface area contributed by atoms with Crippen LogP contribution in [0.5, 0.6) is 5.75 Å². The normalized spacial score (nSPS) is 13.2. The van der Waals surface area contributed by atoms with E-state index < -0.39 is 6.36 Å². The van der Waals surface area contributed by atoms with Gasteiger partial charge in [-0.1, -0.05) is 17.3 Å². The van der Waals surface area contributed by atoms with E-state index in [0.29, 0.717) is 4.60 Å². The lowest BCUT2D eigenvalue weighted by molar-refractivity contribution is -0.274. The van der Waals surface area contributed by atoms with Crippen LogP contribution in [-0.4, -0.2) is 28.4 Å². The third-order valence-corrected chi connectivity index (χ3v) is 3.40. The molecule has 1 aromatic carbocycles. The molecule has 0 saturated heterocycles. The Morgan fingerprint density at radius 1 is 1.29 bits per heavy atom. The number of hydrogen-bond donors (Lipinski definition) is 1. The predicted molar refractivity (Wildman–Crippen MR) is 72.7 cm³/mol. The second-order valence-corrected chi connectivity index (χ2v) is 4.98. The van der Waals surface area contributed by atoms with Gasteiger partial charge in [0.05, 0.1) is 11.7 Å². The fourth-order valence-corrected chi connectivity index (χ4v) is 2.52. The van der Waals surface area contributed by atoms with E-state index in [2.05, 4.69) is 36.3 Å². The highest BCUT2D eigenvalue weighted by Crippen LogP contribution is 2.29. The second kappa shape index (κ2) is 6.02. The van der Waals surface area contributed by atoms with Gasteiger partial charge in [-0.2, -0.15) is 0 Å². The van der Waals surface area contributed by atoms with Crippen molar-refractivity contribution in [3.63, 3.8) is 0 Å². The fourth-order valence-electron chi connectivity index (χ4n) is 1.97. The Hall–Kier alpha value is -1.61. The van der Waals surface area contributed by atoms with E-state index in [-0.39, 0.29) is 11.8 Å². The molecule has 1 heterocycles. The summed E-state index contributed by atoms with van der Waals surface area (Å²) in [7, 11) is 3.47. The number of alkyl halides is 3. The highest BCUT2D eigenvalue weighted by molar-refractivity contribution is 9.10. The number of aromatic nitrogens is 3. The largest absolute Gasteiger partial charge is 0.573 e. The summed E-state index contributed by atoms with van der Waals surface area (Å²) in [4.78, 5) is 0. The molecule has 1 N–H and O–H groups in total. The molecule has 0 fully saturated rings. The van der Waals surface area contributed by atoms with E-state index >= 15 is 0 Å². The molecule has 0 aliphatic rings. The third-order valence-electron chi connectivity index (χ3n) is 2.84. The minimum Gasteiger partial charge on any atom is -0.406 e. The fraction of sp³-hybridized carbons (Fsp3) is 0.333. The van der Waals surface area contributed by atoms with Gasteiger partial charge in [0.1, 0.15) is 5.75 Å². The molecule has 2 rings (SSSR count). The number of rotatable bonds is 4. The molecule has 0 spiro atoms. The van der Waals surface area contributed by atoms with Crippen LogP contribution in [0.1, 0.15) is 17.3 Å². The molecular weight excluding hydrogens is 353 g/mol. The number of nitrogens with one attached hydrogen (secondary N) is 1. The molecule has 21 heavy (non-hydrogen) atoms.